The SMILES string of the molecule is CO[C@H]1CN(c2cc(F)c3c(c2)OC[C@H](NC(=O)c2sc4nc(C)ccc4c2N)C3)C[C@@H]1N. The lowest BCUT2D eigenvalue weighted by atomic mass is 10.0. The summed E-state index contributed by atoms with van der Waals surface area (Å²) in [5.41, 5.74) is 14.7. The van der Waals surface area contributed by atoms with Gasteiger partial charge in [-0.2, -0.15) is 0 Å². The minimum atomic E-state index is -0.372. The van der Waals surface area contributed by atoms with Crippen LogP contribution in [-0.4, -0.2) is 55.9 Å². The number of nitrogens with two attached hydrogens (primary N) is 2. The van der Waals surface area contributed by atoms with E-state index < -0.39 is 0 Å². The number of hydrogen-bond acceptors (Lipinski definition) is 8. The molecule has 4 heterocycles. The van der Waals surface area contributed by atoms with Gasteiger partial charge in [-0.05, 0) is 25.1 Å². The maximum absolute atomic E-state index is 15.0. The summed E-state index contributed by atoms with van der Waals surface area (Å²) in [4.78, 5) is 20.5. The molecule has 1 amide bonds. The molecule has 8 nitrogen and oxygen atoms in total. The maximum atomic E-state index is 15.0. The Kier molecular flexibility index (Phi) is 5.59. The normalized spacial score (nSPS) is 22.3. The number of thiophene rings is 1. The number of halogens is 1. The molecular formula is C23H26FN5O3S. The zero-order valence-corrected chi connectivity index (χ0v) is 19.2. The number of nitrogen functional groups attached to an aromatic ring is 1. The summed E-state index contributed by atoms with van der Waals surface area (Å²) in [5, 5.41) is 3.70. The molecule has 10 heteroatoms. The van der Waals surface area contributed by atoms with Crippen LogP contribution in [0.4, 0.5) is 15.8 Å². The third-order valence-corrected chi connectivity index (χ3v) is 7.40. The molecule has 0 saturated carbocycles. The Bertz CT molecular complexity index is 1230. The van der Waals surface area contributed by atoms with Crippen molar-refractivity contribution >= 4 is 38.8 Å². The van der Waals surface area contributed by atoms with Crippen molar-refractivity contribution in [3.63, 3.8) is 0 Å². The Morgan fingerprint density at radius 3 is 2.94 bits per heavy atom. The number of fused-ring (bicyclic) bond motifs is 2. The lowest BCUT2D eigenvalue weighted by molar-refractivity contribution is 0.0919. The molecule has 2 aliphatic rings. The summed E-state index contributed by atoms with van der Waals surface area (Å²) in [6, 6.07) is 6.56. The molecule has 0 spiro atoms. The van der Waals surface area contributed by atoms with E-state index in [1.807, 2.05) is 30.0 Å². The fourth-order valence-electron chi connectivity index (χ4n) is 4.46. The first kappa shape index (κ1) is 21.9. The van der Waals surface area contributed by atoms with Gasteiger partial charge in [-0.3, -0.25) is 4.79 Å². The van der Waals surface area contributed by atoms with E-state index in [9.17, 15) is 4.79 Å². The van der Waals surface area contributed by atoms with Crippen LogP contribution in [0, 0.1) is 12.7 Å². The fraction of sp³-hybridized carbons (Fsp3) is 0.391. The van der Waals surface area contributed by atoms with Gasteiger partial charge in [-0.15, -0.1) is 11.3 Å². The molecule has 0 radical (unpaired) electrons. The number of nitrogens with zero attached hydrogens (tertiary/aromatic N) is 2. The van der Waals surface area contributed by atoms with Gasteiger partial charge in [0, 0.05) is 55.0 Å². The smallest absolute Gasteiger partial charge is 0.263 e. The number of anilines is 2. The molecular weight excluding hydrogens is 445 g/mol. The van der Waals surface area contributed by atoms with Crippen molar-refractivity contribution in [1.82, 2.24) is 10.3 Å². The number of amides is 1. The van der Waals surface area contributed by atoms with Crippen LogP contribution in [0.3, 0.4) is 0 Å². The summed E-state index contributed by atoms with van der Waals surface area (Å²) in [5.74, 6) is -0.179. The van der Waals surface area contributed by atoms with E-state index in [0.717, 1.165) is 15.9 Å². The van der Waals surface area contributed by atoms with Crippen LogP contribution < -0.4 is 26.4 Å². The monoisotopic (exact) mass is 471 g/mol. The summed E-state index contributed by atoms with van der Waals surface area (Å²) in [6.07, 6.45) is 0.236. The summed E-state index contributed by atoms with van der Waals surface area (Å²) in [6.45, 7) is 3.31. The van der Waals surface area contributed by atoms with Gasteiger partial charge in [0.15, 0.2) is 0 Å². The van der Waals surface area contributed by atoms with Gasteiger partial charge >= 0.3 is 0 Å². The van der Waals surface area contributed by atoms with E-state index in [-0.39, 0.29) is 36.5 Å². The highest BCUT2D eigenvalue weighted by molar-refractivity contribution is 7.21. The van der Waals surface area contributed by atoms with Gasteiger partial charge in [0.25, 0.3) is 5.91 Å². The molecule has 0 aliphatic carbocycles. The number of benzene rings is 1. The average Bonchev–Trinajstić information content (AvgIpc) is 3.33. The Balaban J connectivity index is 1.31. The van der Waals surface area contributed by atoms with Crippen molar-refractivity contribution in [3.8, 4) is 5.75 Å². The van der Waals surface area contributed by atoms with E-state index in [1.165, 1.54) is 17.4 Å². The molecule has 33 heavy (non-hydrogen) atoms. The number of methoxy groups -OCH3 is 1. The van der Waals surface area contributed by atoms with Crippen LogP contribution in [0.15, 0.2) is 24.3 Å². The summed E-state index contributed by atoms with van der Waals surface area (Å²) >= 11 is 1.25. The van der Waals surface area contributed by atoms with Crippen LogP contribution >= 0.6 is 11.3 Å². The Labute approximate surface area is 194 Å². The molecule has 174 valence electrons. The zero-order valence-electron chi connectivity index (χ0n) is 18.4. The van der Waals surface area contributed by atoms with E-state index in [1.54, 1.807) is 7.11 Å². The van der Waals surface area contributed by atoms with Crippen molar-refractivity contribution in [2.75, 3.05) is 37.4 Å². The molecule has 0 bridgehead atoms. The molecule has 3 atom stereocenters. The Morgan fingerprint density at radius 1 is 1.36 bits per heavy atom. The first-order chi connectivity index (χ1) is 15.8. The number of aryl methyl sites for hydroxylation is 1. The largest absolute Gasteiger partial charge is 0.491 e. The molecule has 1 aromatic carbocycles. The predicted molar refractivity (Wildman–Crippen MR) is 127 cm³/mol. The molecule has 5 rings (SSSR count). The fourth-order valence-corrected chi connectivity index (χ4v) is 5.51. The summed E-state index contributed by atoms with van der Waals surface area (Å²) in [7, 11) is 1.63. The number of ether oxygens (including phenoxy) is 2. The van der Waals surface area contributed by atoms with Gasteiger partial charge in [-0.1, -0.05) is 0 Å². The number of rotatable bonds is 4. The average molecular weight is 472 g/mol. The molecule has 3 aromatic rings. The minimum Gasteiger partial charge on any atom is -0.491 e. The van der Waals surface area contributed by atoms with Crippen LogP contribution in [-0.2, 0) is 11.2 Å². The second kappa shape index (κ2) is 8.44. The van der Waals surface area contributed by atoms with E-state index >= 15 is 4.39 Å². The minimum absolute atomic E-state index is 0.0925. The molecule has 1 saturated heterocycles. The Morgan fingerprint density at radius 2 is 2.18 bits per heavy atom. The molecule has 2 aliphatic heterocycles. The quantitative estimate of drug-likeness (QED) is 0.534. The standard InChI is InChI=1S/C23H26FN5O3S/c1-11-3-4-14-20(26)21(33-23(14)27-11)22(30)28-12-5-15-16(24)6-13(7-18(15)32-10-12)29-8-17(25)19(9-29)31-2/h3-4,6-7,12,17,19H,5,8-10,25-26H2,1-2H3,(H,28,30)/t12-,17+,19+/m1/s1. The van der Waals surface area contributed by atoms with Crippen molar-refractivity contribution in [2.24, 2.45) is 5.73 Å². The number of carbonyl (C=O) groups is 1. The highest BCUT2D eigenvalue weighted by Crippen LogP contribution is 2.35. The number of nitrogens with one attached hydrogen (secondary N) is 1. The van der Waals surface area contributed by atoms with Crippen LogP contribution in [0.25, 0.3) is 10.2 Å². The predicted octanol–water partition coefficient (Wildman–Crippen LogP) is 2.22. The number of carbonyl (C=O) groups excluding carboxylic acids is 1. The zero-order chi connectivity index (χ0) is 23.3. The molecule has 5 N–H and O–H groups in total. The highest BCUT2D eigenvalue weighted by atomic mass is 32.1. The molecule has 1 fully saturated rings. The van der Waals surface area contributed by atoms with Gasteiger partial charge in [0.1, 0.15) is 27.9 Å². The Hall–Kier alpha value is -2.95. The van der Waals surface area contributed by atoms with Gasteiger partial charge in [-0.25, -0.2) is 9.37 Å². The second-order valence-electron chi connectivity index (χ2n) is 8.58. The van der Waals surface area contributed by atoms with Gasteiger partial charge in [0.2, 0.25) is 0 Å². The van der Waals surface area contributed by atoms with Gasteiger partial charge in [0.05, 0.1) is 23.9 Å². The third kappa shape index (κ3) is 3.98. The first-order valence-corrected chi connectivity index (χ1v) is 11.6. The topological polar surface area (TPSA) is 116 Å². The number of aromatic nitrogens is 1. The lowest BCUT2D eigenvalue weighted by Gasteiger charge is -2.28. The second-order valence-corrected chi connectivity index (χ2v) is 9.58. The van der Waals surface area contributed by atoms with Crippen molar-refractivity contribution in [2.45, 2.75) is 31.5 Å². The van der Waals surface area contributed by atoms with Crippen LogP contribution in [0.1, 0.15) is 20.9 Å². The molecule has 0 unspecified atom stereocenters. The third-order valence-electron chi connectivity index (χ3n) is 6.28. The van der Waals surface area contributed by atoms with Crippen molar-refractivity contribution < 1.29 is 18.7 Å². The number of pyridine rings is 1. The summed E-state index contributed by atoms with van der Waals surface area (Å²) < 4.78 is 26.3. The maximum Gasteiger partial charge on any atom is 0.263 e. The lowest BCUT2D eigenvalue weighted by Crippen LogP contribution is -2.43. The van der Waals surface area contributed by atoms with Crippen LogP contribution in [0.5, 0.6) is 5.75 Å². The van der Waals surface area contributed by atoms with Gasteiger partial charge < -0.3 is 31.2 Å². The number of hydrogen-bond donors (Lipinski definition) is 3. The molecule has 2 aromatic heterocycles. The highest BCUT2D eigenvalue weighted by Gasteiger charge is 2.32. The van der Waals surface area contributed by atoms with E-state index in [4.69, 9.17) is 20.9 Å². The van der Waals surface area contributed by atoms with E-state index in [2.05, 4.69) is 10.3 Å². The van der Waals surface area contributed by atoms with E-state index in [0.29, 0.717) is 47.1 Å². The van der Waals surface area contributed by atoms with Crippen molar-refractivity contribution in [1.29, 1.82) is 0 Å². The first-order valence-electron chi connectivity index (χ1n) is 10.8. The van der Waals surface area contributed by atoms with Crippen LogP contribution in [0.2, 0.25) is 0 Å². The van der Waals surface area contributed by atoms with Crippen molar-refractivity contribution in [3.05, 3.63) is 46.2 Å².